The topological polar surface area (TPSA) is 43.0 Å². The Kier molecular flexibility index (Phi) is 2.41. The summed E-state index contributed by atoms with van der Waals surface area (Å²) in [5.41, 5.74) is 2.86. The normalized spacial score (nSPS) is 14.4. The van der Waals surface area contributed by atoms with E-state index in [4.69, 9.17) is 4.42 Å². The molecular weight excluding hydrogens is 306 g/mol. The van der Waals surface area contributed by atoms with Gasteiger partial charge in [0.2, 0.25) is 5.95 Å². The minimum atomic E-state index is 0.892. The molecule has 0 amide bonds. The average Bonchev–Trinajstić information content (AvgIpc) is 3.01. The summed E-state index contributed by atoms with van der Waals surface area (Å²) in [5, 5.41) is 4.42. The number of para-hydroxylation sites is 1. The van der Waals surface area contributed by atoms with Gasteiger partial charge in [0.1, 0.15) is 22.1 Å². The molecule has 0 saturated carbocycles. The number of nitrogens with zero attached hydrogens (tertiary/aromatic N) is 2. The van der Waals surface area contributed by atoms with Gasteiger partial charge in [-0.05, 0) is 28.4 Å². The van der Waals surface area contributed by atoms with E-state index in [1.807, 2.05) is 18.2 Å². The molecule has 1 aliphatic heterocycles. The molecule has 4 nitrogen and oxygen atoms in total. The summed E-state index contributed by atoms with van der Waals surface area (Å²) in [6.45, 7) is 1.97. The summed E-state index contributed by atoms with van der Waals surface area (Å²) < 4.78 is 8.78. The van der Waals surface area contributed by atoms with Crippen LogP contribution in [0.3, 0.4) is 0 Å². The Morgan fingerprint density at radius 1 is 1.32 bits per heavy atom. The number of halogens is 1. The highest BCUT2D eigenvalue weighted by atomic mass is 79.9. The summed E-state index contributed by atoms with van der Waals surface area (Å²) in [6.07, 6.45) is 2.90. The molecule has 96 valence electrons. The molecule has 0 saturated heterocycles. The molecular formula is C14H12BrN3O. The molecule has 0 aliphatic carbocycles. The summed E-state index contributed by atoms with van der Waals surface area (Å²) in [7, 11) is 0. The third kappa shape index (κ3) is 1.61. The van der Waals surface area contributed by atoms with Crippen LogP contribution in [0, 0.1) is 0 Å². The van der Waals surface area contributed by atoms with Crippen LogP contribution in [0.4, 0.5) is 5.95 Å². The minimum Gasteiger partial charge on any atom is -0.464 e. The molecule has 0 radical (unpaired) electrons. The molecule has 2 aromatic heterocycles. The SMILES string of the molecule is Brc1c(-c2coc3ccccc23)nc2n1CCCN2. The van der Waals surface area contributed by atoms with Crippen molar-refractivity contribution in [2.45, 2.75) is 13.0 Å². The Hall–Kier alpha value is -1.75. The van der Waals surface area contributed by atoms with Crippen LogP contribution in [-0.4, -0.2) is 16.1 Å². The highest BCUT2D eigenvalue weighted by Crippen LogP contribution is 2.37. The van der Waals surface area contributed by atoms with Crippen LogP contribution in [0.25, 0.3) is 22.2 Å². The minimum absolute atomic E-state index is 0.892. The smallest absolute Gasteiger partial charge is 0.204 e. The fourth-order valence-corrected chi connectivity index (χ4v) is 3.19. The molecule has 0 atom stereocenters. The lowest BCUT2D eigenvalue weighted by molar-refractivity contribution is 0.616. The second-order valence-corrected chi connectivity index (χ2v) is 5.40. The zero-order valence-corrected chi connectivity index (χ0v) is 11.8. The summed E-state index contributed by atoms with van der Waals surface area (Å²) in [5.74, 6) is 0.929. The van der Waals surface area contributed by atoms with E-state index >= 15 is 0 Å². The predicted molar refractivity (Wildman–Crippen MR) is 78.2 cm³/mol. The van der Waals surface area contributed by atoms with Gasteiger partial charge >= 0.3 is 0 Å². The van der Waals surface area contributed by atoms with Gasteiger partial charge in [-0.3, -0.25) is 0 Å². The fraction of sp³-hybridized carbons (Fsp3) is 0.214. The maximum atomic E-state index is 5.60. The monoisotopic (exact) mass is 317 g/mol. The number of furan rings is 1. The Bertz CT molecular complexity index is 759. The van der Waals surface area contributed by atoms with E-state index in [9.17, 15) is 0 Å². The van der Waals surface area contributed by atoms with Crippen molar-refractivity contribution in [1.82, 2.24) is 9.55 Å². The molecule has 0 spiro atoms. The Morgan fingerprint density at radius 2 is 2.21 bits per heavy atom. The number of nitrogens with one attached hydrogen (secondary N) is 1. The van der Waals surface area contributed by atoms with Crippen LogP contribution in [0.5, 0.6) is 0 Å². The first-order valence-electron chi connectivity index (χ1n) is 6.31. The van der Waals surface area contributed by atoms with Crippen molar-refractivity contribution < 1.29 is 4.42 Å². The Balaban J connectivity index is 1.95. The summed E-state index contributed by atoms with van der Waals surface area (Å²) in [4.78, 5) is 4.69. The van der Waals surface area contributed by atoms with E-state index in [-0.39, 0.29) is 0 Å². The lowest BCUT2D eigenvalue weighted by Crippen LogP contribution is -2.17. The Labute approximate surface area is 118 Å². The largest absolute Gasteiger partial charge is 0.464 e. The van der Waals surface area contributed by atoms with Crippen molar-refractivity contribution in [2.75, 3.05) is 11.9 Å². The third-order valence-corrected chi connectivity index (χ3v) is 4.29. The van der Waals surface area contributed by atoms with Gasteiger partial charge in [-0.15, -0.1) is 0 Å². The van der Waals surface area contributed by atoms with E-state index in [0.717, 1.165) is 52.3 Å². The number of aromatic nitrogens is 2. The number of anilines is 1. The van der Waals surface area contributed by atoms with Crippen molar-refractivity contribution >= 4 is 32.8 Å². The second-order valence-electron chi connectivity index (χ2n) is 4.65. The van der Waals surface area contributed by atoms with E-state index in [2.05, 4.69) is 36.9 Å². The molecule has 1 N–H and O–H groups in total. The van der Waals surface area contributed by atoms with Gasteiger partial charge in [0.05, 0.1) is 0 Å². The Morgan fingerprint density at radius 3 is 3.11 bits per heavy atom. The van der Waals surface area contributed by atoms with Gasteiger partial charge in [-0.25, -0.2) is 4.98 Å². The van der Waals surface area contributed by atoms with Gasteiger partial charge in [-0.2, -0.15) is 0 Å². The molecule has 5 heteroatoms. The van der Waals surface area contributed by atoms with E-state index < -0.39 is 0 Å². The number of imidazole rings is 1. The number of rotatable bonds is 1. The number of fused-ring (bicyclic) bond motifs is 2. The zero-order chi connectivity index (χ0) is 12.8. The van der Waals surface area contributed by atoms with Crippen LogP contribution in [0.15, 0.2) is 39.5 Å². The second kappa shape index (κ2) is 4.13. The first kappa shape index (κ1) is 11.1. The van der Waals surface area contributed by atoms with E-state index in [1.54, 1.807) is 6.26 Å². The molecule has 0 unspecified atom stereocenters. The van der Waals surface area contributed by atoms with Crippen molar-refractivity contribution in [3.05, 3.63) is 35.1 Å². The molecule has 3 heterocycles. The fourth-order valence-electron chi connectivity index (χ4n) is 2.54. The zero-order valence-electron chi connectivity index (χ0n) is 10.2. The van der Waals surface area contributed by atoms with Crippen molar-refractivity contribution in [2.24, 2.45) is 0 Å². The predicted octanol–water partition coefficient (Wildman–Crippen LogP) is 3.87. The van der Waals surface area contributed by atoms with Crippen molar-refractivity contribution in [1.29, 1.82) is 0 Å². The van der Waals surface area contributed by atoms with Crippen LogP contribution < -0.4 is 5.32 Å². The van der Waals surface area contributed by atoms with Gasteiger partial charge < -0.3 is 14.3 Å². The molecule has 1 aromatic carbocycles. The highest BCUT2D eigenvalue weighted by molar-refractivity contribution is 9.10. The van der Waals surface area contributed by atoms with Crippen LogP contribution in [0.1, 0.15) is 6.42 Å². The molecule has 0 bridgehead atoms. The molecule has 0 fully saturated rings. The van der Waals surface area contributed by atoms with E-state index in [0.29, 0.717) is 0 Å². The van der Waals surface area contributed by atoms with Crippen LogP contribution in [-0.2, 0) is 6.54 Å². The maximum Gasteiger partial charge on any atom is 0.204 e. The van der Waals surface area contributed by atoms with Gasteiger partial charge in [0.15, 0.2) is 0 Å². The van der Waals surface area contributed by atoms with Crippen molar-refractivity contribution in [3.63, 3.8) is 0 Å². The third-order valence-electron chi connectivity index (χ3n) is 3.48. The lowest BCUT2D eigenvalue weighted by Gasteiger charge is -2.15. The van der Waals surface area contributed by atoms with Gasteiger partial charge in [-0.1, -0.05) is 18.2 Å². The summed E-state index contributed by atoms with van der Waals surface area (Å²) >= 11 is 3.66. The standard InChI is InChI=1S/C14H12BrN3O/c15-13-12(17-14-16-6-3-7-18(13)14)10-8-19-11-5-2-1-4-9(10)11/h1-2,4-5,8H,3,6-7H2,(H,16,17). The van der Waals surface area contributed by atoms with E-state index in [1.165, 1.54) is 0 Å². The highest BCUT2D eigenvalue weighted by Gasteiger charge is 2.21. The van der Waals surface area contributed by atoms with Crippen LogP contribution in [0.2, 0.25) is 0 Å². The number of hydrogen-bond donors (Lipinski definition) is 1. The summed E-state index contributed by atoms with van der Waals surface area (Å²) in [6, 6.07) is 8.03. The first-order valence-corrected chi connectivity index (χ1v) is 7.10. The molecule has 1 aliphatic rings. The van der Waals surface area contributed by atoms with Gasteiger partial charge in [0, 0.05) is 24.0 Å². The van der Waals surface area contributed by atoms with Crippen LogP contribution >= 0.6 is 15.9 Å². The quantitative estimate of drug-likeness (QED) is 0.740. The average molecular weight is 318 g/mol. The van der Waals surface area contributed by atoms with Gasteiger partial charge in [0.25, 0.3) is 0 Å². The van der Waals surface area contributed by atoms with Crippen molar-refractivity contribution in [3.8, 4) is 11.3 Å². The molecule has 3 aromatic rings. The molecule has 19 heavy (non-hydrogen) atoms. The molecule has 4 rings (SSSR count). The lowest BCUT2D eigenvalue weighted by atomic mass is 10.1. The maximum absolute atomic E-state index is 5.60. The number of hydrogen-bond acceptors (Lipinski definition) is 3. The first-order chi connectivity index (χ1) is 9.34. The number of benzene rings is 1.